The standard InChI is InChI=1S/C14H14N2O4/c1-19-13(17)9-10(15)11(8-6-4-3-5-7-8)16-12(9)14(18)20-2/h3-7,16H,15H2,1-2H3. The zero-order valence-corrected chi connectivity index (χ0v) is 11.1. The summed E-state index contributed by atoms with van der Waals surface area (Å²) in [6.07, 6.45) is 0. The van der Waals surface area contributed by atoms with E-state index in [1.165, 1.54) is 14.2 Å². The molecule has 0 radical (unpaired) electrons. The van der Waals surface area contributed by atoms with Crippen LogP contribution in [0.15, 0.2) is 30.3 Å². The van der Waals surface area contributed by atoms with Gasteiger partial charge >= 0.3 is 11.9 Å². The van der Waals surface area contributed by atoms with Crippen LogP contribution in [0.25, 0.3) is 11.3 Å². The van der Waals surface area contributed by atoms with Gasteiger partial charge in [-0.3, -0.25) is 0 Å². The molecule has 0 saturated carbocycles. The van der Waals surface area contributed by atoms with E-state index in [0.29, 0.717) is 5.69 Å². The molecule has 2 aromatic rings. The molecule has 1 aromatic heterocycles. The molecule has 0 unspecified atom stereocenters. The first-order valence-corrected chi connectivity index (χ1v) is 5.83. The molecule has 6 nitrogen and oxygen atoms in total. The fraction of sp³-hybridized carbons (Fsp3) is 0.143. The van der Waals surface area contributed by atoms with Crippen molar-refractivity contribution in [1.29, 1.82) is 0 Å². The monoisotopic (exact) mass is 274 g/mol. The highest BCUT2D eigenvalue weighted by Gasteiger charge is 2.27. The minimum Gasteiger partial charge on any atom is -0.465 e. The zero-order valence-electron chi connectivity index (χ0n) is 11.1. The summed E-state index contributed by atoms with van der Waals surface area (Å²) < 4.78 is 9.30. The van der Waals surface area contributed by atoms with E-state index in [-0.39, 0.29) is 16.9 Å². The number of benzene rings is 1. The van der Waals surface area contributed by atoms with Crippen molar-refractivity contribution in [3.05, 3.63) is 41.6 Å². The summed E-state index contributed by atoms with van der Waals surface area (Å²) in [5, 5.41) is 0. The molecule has 0 atom stereocenters. The van der Waals surface area contributed by atoms with Gasteiger partial charge in [-0.15, -0.1) is 0 Å². The lowest BCUT2D eigenvalue weighted by molar-refractivity contribution is 0.0553. The summed E-state index contributed by atoms with van der Waals surface area (Å²) >= 11 is 0. The van der Waals surface area contributed by atoms with Crippen molar-refractivity contribution >= 4 is 17.6 Å². The number of aromatic amines is 1. The summed E-state index contributed by atoms with van der Waals surface area (Å²) in [5.41, 5.74) is 7.32. The average molecular weight is 274 g/mol. The average Bonchev–Trinajstić information content (AvgIpc) is 2.84. The van der Waals surface area contributed by atoms with Crippen molar-refractivity contribution in [1.82, 2.24) is 4.98 Å². The van der Waals surface area contributed by atoms with Crippen molar-refractivity contribution in [2.24, 2.45) is 0 Å². The minimum atomic E-state index is -0.693. The van der Waals surface area contributed by atoms with Gasteiger partial charge < -0.3 is 20.2 Å². The maximum Gasteiger partial charge on any atom is 0.355 e. The first kappa shape index (κ1) is 13.7. The molecule has 1 aromatic carbocycles. The Morgan fingerprint density at radius 3 is 2.20 bits per heavy atom. The van der Waals surface area contributed by atoms with Gasteiger partial charge in [-0.05, 0) is 0 Å². The number of carbonyl (C=O) groups excluding carboxylic acids is 2. The fourth-order valence-corrected chi connectivity index (χ4v) is 1.92. The van der Waals surface area contributed by atoms with Crippen LogP contribution in [0.1, 0.15) is 20.8 Å². The zero-order chi connectivity index (χ0) is 14.7. The second kappa shape index (κ2) is 5.48. The van der Waals surface area contributed by atoms with E-state index < -0.39 is 11.9 Å². The first-order chi connectivity index (χ1) is 9.60. The van der Waals surface area contributed by atoms with Gasteiger partial charge in [0.1, 0.15) is 11.3 Å². The van der Waals surface area contributed by atoms with Crippen molar-refractivity contribution in [3.8, 4) is 11.3 Å². The predicted octanol–water partition coefficient (Wildman–Crippen LogP) is 1.84. The number of nitrogen functional groups attached to an aromatic ring is 1. The fourth-order valence-electron chi connectivity index (χ4n) is 1.92. The number of rotatable bonds is 3. The van der Waals surface area contributed by atoms with E-state index in [1.807, 2.05) is 30.3 Å². The second-order valence-corrected chi connectivity index (χ2v) is 4.01. The molecule has 0 fully saturated rings. The van der Waals surface area contributed by atoms with Gasteiger partial charge in [0, 0.05) is 5.56 Å². The Labute approximate surface area is 115 Å². The number of carbonyl (C=O) groups is 2. The Kier molecular flexibility index (Phi) is 3.74. The summed E-state index contributed by atoms with van der Waals surface area (Å²) in [4.78, 5) is 26.4. The van der Waals surface area contributed by atoms with E-state index in [0.717, 1.165) is 5.56 Å². The van der Waals surface area contributed by atoms with Crippen LogP contribution in [-0.4, -0.2) is 31.1 Å². The van der Waals surface area contributed by atoms with Crippen LogP contribution < -0.4 is 5.73 Å². The molecule has 20 heavy (non-hydrogen) atoms. The lowest BCUT2D eigenvalue weighted by Crippen LogP contribution is -2.11. The van der Waals surface area contributed by atoms with Gasteiger partial charge in [0.2, 0.25) is 0 Å². The van der Waals surface area contributed by atoms with E-state index in [4.69, 9.17) is 5.73 Å². The number of esters is 2. The van der Waals surface area contributed by atoms with Gasteiger partial charge in [-0.2, -0.15) is 0 Å². The Morgan fingerprint density at radius 2 is 1.65 bits per heavy atom. The number of aromatic nitrogens is 1. The number of methoxy groups -OCH3 is 2. The molecule has 0 spiro atoms. The number of ether oxygens (including phenoxy) is 2. The van der Waals surface area contributed by atoms with Crippen LogP contribution in [0.4, 0.5) is 5.69 Å². The number of hydrogen-bond acceptors (Lipinski definition) is 5. The van der Waals surface area contributed by atoms with E-state index >= 15 is 0 Å². The van der Waals surface area contributed by atoms with Crippen LogP contribution in [-0.2, 0) is 9.47 Å². The van der Waals surface area contributed by atoms with Gasteiger partial charge in [0.25, 0.3) is 0 Å². The minimum absolute atomic E-state index is 0.0156. The third-order valence-corrected chi connectivity index (χ3v) is 2.88. The molecule has 0 aliphatic heterocycles. The van der Waals surface area contributed by atoms with Gasteiger partial charge in [0.15, 0.2) is 0 Å². The molecule has 0 bridgehead atoms. The molecule has 6 heteroatoms. The summed E-state index contributed by atoms with van der Waals surface area (Å²) in [7, 11) is 2.45. The molecule has 0 aliphatic rings. The normalized spacial score (nSPS) is 10.1. The highest BCUT2D eigenvalue weighted by atomic mass is 16.5. The highest BCUT2D eigenvalue weighted by Crippen LogP contribution is 2.31. The molecule has 104 valence electrons. The molecule has 3 N–H and O–H groups in total. The maximum absolute atomic E-state index is 11.8. The SMILES string of the molecule is COC(=O)c1[nH]c(-c2ccccc2)c(N)c1C(=O)OC. The number of H-pyrrole nitrogens is 1. The largest absolute Gasteiger partial charge is 0.465 e. The maximum atomic E-state index is 11.8. The molecular formula is C14H14N2O4. The van der Waals surface area contributed by atoms with Crippen LogP contribution in [0.5, 0.6) is 0 Å². The van der Waals surface area contributed by atoms with E-state index in [9.17, 15) is 9.59 Å². The summed E-state index contributed by atoms with van der Waals surface area (Å²) in [6.45, 7) is 0. The summed E-state index contributed by atoms with van der Waals surface area (Å²) in [5.74, 6) is -1.37. The smallest absolute Gasteiger partial charge is 0.355 e. The Hall–Kier alpha value is -2.76. The molecule has 0 aliphatic carbocycles. The summed E-state index contributed by atoms with van der Waals surface area (Å²) in [6, 6.07) is 9.12. The molecule has 1 heterocycles. The van der Waals surface area contributed by atoms with Crippen LogP contribution in [0.2, 0.25) is 0 Å². The number of hydrogen-bond donors (Lipinski definition) is 2. The highest BCUT2D eigenvalue weighted by molar-refractivity contribution is 6.08. The van der Waals surface area contributed by atoms with E-state index in [2.05, 4.69) is 14.5 Å². The second-order valence-electron chi connectivity index (χ2n) is 4.01. The van der Waals surface area contributed by atoms with Crippen molar-refractivity contribution in [3.63, 3.8) is 0 Å². The van der Waals surface area contributed by atoms with Crippen molar-refractivity contribution < 1.29 is 19.1 Å². The number of nitrogens with two attached hydrogens (primary N) is 1. The predicted molar refractivity (Wildman–Crippen MR) is 73.3 cm³/mol. The van der Waals surface area contributed by atoms with Gasteiger partial charge in [-0.25, -0.2) is 9.59 Å². The quantitative estimate of drug-likeness (QED) is 0.833. The van der Waals surface area contributed by atoms with Crippen molar-refractivity contribution in [2.75, 3.05) is 20.0 Å². The topological polar surface area (TPSA) is 94.4 Å². The van der Waals surface area contributed by atoms with Crippen molar-refractivity contribution in [2.45, 2.75) is 0 Å². The molecule has 0 saturated heterocycles. The van der Waals surface area contributed by atoms with Crippen LogP contribution in [0, 0.1) is 0 Å². The molecule has 2 rings (SSSR count). The first-order valence-electron chi connectivity index (χ1n) is 5.83. The Bertz CT molecular complexity index is 647. The Morgan fingerprint density at radius 1 is 1.05 bits per heavy atom. The van der Waals surface area contributed by atoms with Crippen LogP contribution in [0.3, 0.4) is 0 Å². The lowest BCUT2D eigenvalue weighted by Gasteiger charge is -2.01. The Balaban J connectivity index is 2.65. The van der Waals surface area contributed by atoms with Crippen LogP contribution >= 0.6 is 0 Å². The third kappa shape index (κ3) is 2.23. The van der Waals surface area contributed by atoms with Gasteiger partial charge in [0.05, 0.1) is 25.6 Å². The third-order valence-electron chi connectivity index (χ3n) is 2.88. The van der Waals surface area contributed by atoms with Gasteiger partial charge in [-0.1, -0.05) is 30.3 Å². The molecular weight excluding hydrogens is 260 g/mol. The van der Waals surface area contributed by atoms with E-state index in [1.54, 1.807) is 0 Å². The lowest BCUT2D eigenvalue weighted by atomic mass is 10.1. The number of nitrogens with one attached hydrogen (secondary N) is 1. The molecule has 0 amide bonds. The number of anilines is 1.